The molecule has 1 saturated heterocycles. The number of hydrogen-bond acceptors (Lipinski definition) is 4. The summed E-state index contributed by atoms with van der Waals surface area (Å²) in [5, 5.41) is 9.78. The van der Waals surface area contributed by atoms with Gasteiger partial charge in [0.25, 0.3) is 0 Å². The molecule has 1 fully saturated rings. The van der Waals surface area contributed by atoms with Crippen LogP contribution in [0.3, 0.4) is 0 Å². The van der Waals surface area contributed by atoms with Crippen LogP contribution >= 0.6 is 11.6 Å². The molecule has 1 aliphatic heterocycles. The lowest BCUT2D eigenvalue weighted by Crippen LogP contribution is -2.38. The minimum atomic E-state index is -3.41. The molecule has 5 nitrogen and oxygen atoms in total. The summed E-state index contributed by atoms with van der Waals surface area (Å²) < 4.78 is 25.6. The van der Waals surface area contributed by atoms with Crippen molar-refractivity contribution in [2.75, 3.05) is 18.8 Å². The number of nitrogens with zero attached hydrogens (tertiary/aromatic N) is 2. The first kappa shape index (κ1) is 20.4. The highest BCUT2D eigenvalue weighted by atomic mass is 35.5. The van der Waals surface area contributed by atoms with Crippen LogP contribution in [0, 0.1) is 17.2 Å². The quantitative estimate of drug-likeness (QED) is 0.756. The summed E-state index contributed by atoms with van der Waals surface area (Å²) in [6, 6.07) is 13.8. The molecule has 0 atom stereocenters. The van der Waals surface area contributed by atoms with E-state index in [2.05, 4.69) is 6.07 Å². The number of sulfone groups is 1. The first-order chi connectivity index (χ1) is 13.3. The number of piperidine rings is 1. The molecule has 1 amide bonds. The van der Waals surface area contributed by atoms with Gasteiger partial charge in [-0.3, -0.25) is 4.79 Å². The Morgan fingerprint density at radius 1 is 1.18 bits per heavy atom. The summed E-state index contributed by atoms with van der Waals surface area (Å²) in [6.45, 7) is 2.76. The zero-order chi connectivity index (χ0) is 20.3. The van der Waals surface area contributed by atoms with E-state index in [1.54, 1.807) is 47.4 Å². The van der Waals surface area contributed by atoms with Gasteiger partial charge in [-0.05, 0) is 54.2 Å². The minimum Gasteiger partial charge on any atom is -0.343 e. The fraction of sp³-hybridized carbons (Fsp3) is 0.333. The molecule has 2 aromatic carbocycles. The standard InChI is InChI=1S/C21H21ClN2O3S/c1-15(25)24-10-8-16(9-11-24)14-28(26,27)20-5-2-17(3-6-20)21-7-4-19(22)12-18(21)13-23/h2-7,12,16H,8-11,14H2,1H3. The molecule has 0 aliphatic carbocycles. The third-order valence-corrected chi connectivity index (χ3v) is 7.28. The molecule has 3 rings (SSSR count). The van der Waals surface area contributed by atoms with Crippen LogP contribution in [-0.2, 0) is 14.6 Å². The smallest absolute Gasteiger partial charge is 0.219 e. The highest BCUT2D eigenvalue weighted by molar-refractivity contribution is 7.91. The van der Waals surface area contributed by atoms with Crippen molar-refractivity contribution in [1.29, 1.82) is 5.26 Å². The monoisotopic (exact) mass is 416 g/mol. The maximum absolute atomic E-state index is 12.8. The van der Waals surface area contributed by atoms with E-state index in [1.165, 1.54) is 6.92 Å². The molecule has 0 spiro atoms. The lowest BCUT2D eigenvalue weighted by atomic mass is 9.99. The summed E-state index contributed by atoms with van der Waals surface area (Å²) in [5.41, 5.74) is 1.93. The first-order valence-electron chi connectivity index (χ1n) is 9.08. The number of amides is 1. The molecule has 2 aromatic rings. The van der Waals surface area contributed by atoms with E-state index in [9.17, 15) is 18.5 Å². The number of rotatable bonds is 4. The molecule has 7 heteroatoms. The van der Waals surface area contributed by atoms with Crippen molar-refractivity contribution in [3.8, 4) is 17.2 Å². The number of hydrogen-bond donors (Lipinski definition) is 0. The Bertz CT molecular complexity index is 1020. The third kappa shape index (κ3) is 4.54. The number of carbonyl (C=O) groups is 1. The van der Waals surface area contributed by atoms with Gasteiger partial charge < -0.3 is 4.90 Å². The van der Waals surface area contributed by atoms with Crippen molar-refractivity contribution < 1.29 is 13.2 Å². The Labute approximate surface area is 170 Å². The zero-order valence-electron chi connectivity index (χ0n) is 15.6. The van der Waals surface area contributed by atoms with Crippen LogP contribution in [0.1, 0.15) is 25.3 Å². The molecular weight excluding hydrogens is 396 g/mol. The van der Waals surface area contributed by atoms with Gasteiger partial charge in [0.1, 0.15) is 0 Å². The number of halogens is 1. The van der Waals surface area contributed by atoms with Crippen molar-refractivity contribution in [1.82, 2.24) is 4.90 Å². The SMILES string of the molecule is CC(=O)N1CCC(CS(=O)(=O)c2ccc(-c3ccc(Cl)cc3C#N)cc2)CC1. The Balaban J connectivity index is 1.74. The van der Waals surface area contributed by atoms with Crippen molar-refractivity contribution in [3.05, 3.63) is 53.1 Å². The van der Waals surface area contributed by atoms with E-state index >= 15 is 0 Å². The number of likely N-dealkylation sites (tertiary alicyclic amines) is 1. The van der Waals surface area contributed by atoms with Gasteiger partial charge in [-0.1, -0.05) is 29.8 Å². The molecule has 0 bridgehead atoms. The van der Waals surface area contributed by atoms with Crippen LogP contribution in [-0.4, -0.2) is 38.1 Å². The van der Waals surface area contributed by atoms with Crippen molar-refractivity contribution in [3.63, 3.8) is 0 Å². The molecule has 28 heavy (non-hydrogen) atoms. The van der Waals surface area contributed by atoms with E-state index in [0.29, 0.717) is 42.1 Å². The normalized spacial score (nSPS) is 15.2. The molecule has 0 N–H and O–H groups in total. The van der Waals surface area contributed by atoms with Gasteiger partial charge in [-0.2, -0.15) is 5.26 Å². The van der Waals surface area contributed by atoms with E-state index in [1.807, 2.05) is 0 Å². The van der Waals surface area contributed by atoms with Crippen LogP contribution in [0.15, 0.2) is 47.4 Å². The Hall–Kier alpha value is -2.36. The van der Waals surface area contributed by atoms with Crippen LogP contribution in [0.5, 0.6) is 0 Å². The van der Waals surface area contributed by atoms with Gasteiger partial charge >= 0.3 is 0 Å². The maximum Gasteiger partial charge on any atom is 0.219 e. The molecule has 1 heterocycles. The molecule has 0 radical (unpaired) electrons. The van der Waals surface area contributed by atoms with E-state index in [4.69, 9.17) is 11.6 Å². The van der Waals surface area contributed by atoms with Crippen molar-refractivity contribution >= 4 is 27.3 Å². The molecular formula is C21H21ClN2O3S. The van der Waals surface area contributed by atoms with Gasteiger partial charge in [0.05, 0.1) is 22.3 Å². The predicted molar refractivity (Wildman–Crippen MR) is 109 cm³/mol. The molecule has 0 unspecified atom stereocenters. The van der Waals surface area contributed by atoms with E-state index in [0.717, 1.165) is 5.56 Å². The number of benzene rings is 2. The lowest BCUT2D eigenvalue weighted by Gasteiger charge is -2.31. The van der Waals surface area contributed by atoms with Crippen molar-refractivity contribution in [2.24, 2.45) is 5.92 Å². The van der Waals surface area contributed by atoms with E-state index < -0.39 is 9.84 Å². The van der Waals surface area contributed by atoms with Crippen LogP contribution in [0.2, 0.25) is 5.02 Å². The first-order valence-corrected chi connectivity index (χ1v) is 11.1. The van der Waals surface area contributed by atoms with Crippen molar-refractivity contribution in [2.45, 2.75) is 24.7 Å². The Kier molecular flexibility index (Phi) is 6.07. The minimum absolute atomic E-state index is 0.0378. The fourth-order valence-corrected chi connectivity index (χ4v) is 5.39. The molecule has 0 aromatic heterocycles. The molecule has 1 aliphatic rings. The Morgan fingerprint density at radius 3 is 2.39 bits per heavy atom. The number of carbonyl (C=O) groups excluding carboxylic acids is 1. The summed E-state index contributed by atoms with van der Waals surface area (Å²) in [5.74, 6) is 0.181. The fourth-order valence-electron chi connectivity index (χ4n) is 3.52. The maximum atomic E-state index is 12.8. The summed E-state index contributed by atoms with van der Waals surface area (Å²) in [7, 11) is -3.41. The molecule has 146 valence electrons. The van der Waals surface area contributed by atoms with E-state index in [-0.39, 0.29) is 22.5 Å². The average molecular weight is 417 g/mol. The molecule has 0 saturated carbocycles. The zero-order valence-corrected chi connectivity index (χ0v) is 17.1. The van der Waals surface area contributed by atoms with Gasteiger partial charge in [0, 0.05) is 25.0 Å². The lowest BCUT2D eigenvalue weighted by molar-refractivity contribution is -0.130. The second-order valence-electron chi connectivity index (χ2n) is 7.06. The second-order valence-corrected chi connectivity index (χ2v) is 9.53. The number of nitriles is 1. The highest BCUT2D eigenvalue weighted by Gasteiger charge is 2.26. The van der Waals surface area contributed by atoms with Gasteiger partial charge in [-0.25, -0.2) is 8.42 Å². The van der Waals surface area contributed by atoms with Gasteiger partial charge in [0.15, 0.2) is 9.84 Å². The average Bonchev–Trinajstić information content (AvgIpc) is 2.68. The van der Waals surface area contributed by atoms with Gasteiger partial charge in [0.2, 0.25) is 5.91 Å². The van der Waals surface area contributed by atoms with Gasteiger partial charge in [-0.15, -0.1) is 0 Å². The third-order valence-electron chi connectivity index (χ3n) is 5.14. The second kappa shape index (κ2) is 8.34. The summed E-state index contributed by atoms with van der Waals surface area (Å²) >= 11 is 5.93. The van der Waals surface area contributed by atoms with Crippen LogP contribution in [0.25, 0.3) is 11.1 Å². The Morgan fingerprint density at radius 2 is 1.82 bits per heavy atom. The highest BCUT2D eigenvalue weighted by Crippen LogP contribution is 2.28. The summed E-state index contributed by atoms with van der Waals surface area (Å²) in [6.07, 6.45) is 1.40. The largest absolute Gasteiger partial charge is 0.343 e. The topological polar surface area (TPSA) is 78.2 Å². The van der Waals surface area contributed by atoms with Crippen LogP contribution < -0.4 is 0 Å². The summed E-state index contributed by atoms with van der Waals surface area (Å²) in [4.78, 5) is 13.4. The predicted octanol–water partition coefficient (Wildman–Crippen LogP) is 3.91. The van der Waals surface area contributed by atoms with Crippen LogP contribution in [0.4, 0.5) is 0 Å².